The molecule has 0 saturated carbocycles. The third kappa shape index (κ3) is 5.56. The molecule has 1 heterocycles. The van der Waals surface area contributed by atoms with E-state index in [-0.39, 0.29) is 24.0 Å². The number of hydrogen-bond acceptors (Lipinski definition) is 4. The molecule has 0 radical (unpaired) electrons. The van der Waals surface area contributed by atoms with Gasteiger partial charge in [-0.2, -0.15) is 0 Å². The predicted octanol–water partition coefficient (Wildman–Crippen LogP) is 0.409. The zero-order valence-corrected chi connectivity index (χ0v) is 14.0. The first-order valence-corrected chi connectivity index (χ1v) is 9.27. The molecule has 1 fully saturated rings. The number of benzene rings is 1. The number of halogens is 1. The lowest BCUT2D eigenvalue weighted by Crippen LogP contribution is -2.50. The average molecular weight is 343 g/mol. The molecule has 1 amide bonds. The molecular weight excluding hydrogens is 321 g/mol. The summed E-state index contributed by atoms with van der Waals surface area (Å²) in [7, 11) is -3.35. The molecule has 23 heavy (non-hydrogen) atoms. The van der Waals surface area contributed by atoms with E-state index in [2.05, 4.69) is 9.62 Å². The van der Waals surface area contributed by atoms with Crippen molar-refractivity contribution in [2.45, 2.75) is 13.5 Å². The lowest BCUT2D eigenvalue weighted by molar-refractivity contribution is -0.131. The highest BCUT2D eigenvalue weighted by Crippen LogP contribution is 2.10. The van der Waals surface area contributed by atoms with E-state index < -0.39 is 10.0 Å². The van der Waals surface area contributed by atoms with Crippen LogP contribution in [0.1, 0.15) is 12.5 Å². The van der Waals surface area contributed by atoms with Crippen molar-refractivity contribution in [1.29, 1.82) is 0 Å². The first kappa shape index (κ1) is 17.8. The van der Waals surface area contributed by atoms with Gasteiger partial charge in [-0.1, -0.05) is 12.1 Å². The maximum atomic E-state index is 13.2. The van der Waals surface area contributed by atoms with Crippen LogP contribution < -0.4 is 4.72 Å². The van der Waals surface area contributed by atoms with Crippen LogP contribution in [0.5, 0.6) is 0 Å². The van der Waals surface area contributed by atoms with Gasteiger partial charge < -0.3 is 4.90 Å². The molecular formula is C15H22FN3O3S. The molecule has 0 unspecified atom stereocenters. The summed E-state index contributed by atoms with van der Waals surface area (Å²) in [4.78, 5) is 15.8. The molecule has 0 bridgehead atoms. The summed E-state index contributed by atoms with van der Waals surface area (Å²) in [6.45, 7) is 4.43. The minimum absolute atomic E-state index is 0.0400. The van der Waals surface area contributed by atoms with E-state index >= 15 is 0 Å². The summed E-state index contributed by atoms with van der Waals surface area (Å²) in [5.41, 5.74) is 0.903. The fourth-order valence-electron chi connectivity index (χ4n) is 2.43. The van der Waals surface area contributed by atoms with Gasteiger partial charge in [-0.15, -0.1) is 0 Å². The number of carbonyl (C=O) groups excluding carboxylic acids is 1. The van der Waals surface area contributed by atoms with Crippen molar-refractivity contribution in [2.24, 2.45) is 0 Å². The topological polar surface area (TPSA) is 69.7 Å². The highest BCUT2D eigenvalue weighted by Gasteiger charge is 2.22. The van der Waals surface area contributed by atoms with Crippen LogP contribution in [0.25, 0.3) is 0 Å². The fraction of sp³-hybridized carbons (Fsp3) is 0.533. The van der Waals surface area contributed by atoms with Gasteiger partial charge in [0.1, 0.15) is 5.82 Å². The van der Waals surface area contributed by atoms with Gasteiger partial charge in [0.15, 0.2) is 0 Å². The van der Waals surface area contributed by atoms with Crippen LogP contribution in [0.3, 0.4) is 0 Å². The molecule has 0 spiro atoms. The third-order valence-electron chi connectivity index (χ3n) is 3.84. The maximum absolute atomic E-state index is 13.2. The highest BCUT2D eigenvalue weighted by molar-refractivity contribution is 7.89. The molecule has 0 aromatic heterocycles. The first-order chi connectivity index (χ1) is 10.9. The summed E-state index contributed by atoms with van der Waals surface area (Å²) in [6, 6.07) is 6.49. The number of piperazine rings is 1. The van der Waals surface area contributed by atoms with Crippen molar-refractivity contribution in [2.75, 3.05) is 38.5 Å². The van der Waals surface area contributed by atoms with E-state index in [9.17, 15) is 17.6 Å². The summed E-state index contributed by atoms with van der Waals surface area (Å²) >= 11 is 0. The Morgan fingerprint density at radius 2 is 1.96 bits per heavy atom. The standard InChI is InChI=1S/C15H22FN3O3S/c1-2-23(21,22)17-11-15(20)19-8-6-18(7-9-19)12-13-4-3-5-14(16)10-13/h3-5,10,17H,2,6-9,11-12H2,1H3. The van der Waals surface area contributed by atoms with Crippen molar-refractivity contribution in [3.63, 3.8) is 0 Å². The Hall–Kier alpha value is -1.51. The number of hydrogen-bond donors (Lipinski definition) is 1. The van der Waals surface area contributed by atoms with Crippen molar-refractivity contribution < 1.29 is 17.6 Å². The Morgan fingerprint density at radius 1 is 1.26 bits per heavy atom. The minimum atomic E-state index is -3.35. The van der Waals surface area contributed by atoms with Gasteiger partial charge in [0.25, 0.3) is 0 Å². The van der Waals surface area contributed by atoms with Gasteiger partial charge in [-0.25, -0.2) is 17.5 Å². The van der Waals surface area contributed by atoms with Crippen molar-refractivity contribution in [3.05, 3.63) is 35.6 Å². The summed E-state index contributed by atoms with van der Waals surface area (Å²) in [5, 5.41) is 0. The normalized spacial score (nSPS) is 16.5. The van der Waals surface area contributed by atoms with E-state index in [1.807, 2.05) is 6.07 Å². The molecule has 0 atom stereocenters. The average Bonchev–Trinajstić information content (AvgIpc) is 2.53. The molecule has 6 nitrogen and oxygen atoms in total. The van der Waals surface area contributed by atoms with Gasteiger partial charge in [-0.05, 0) is 24.6 Å². The molecule has 1 aliphatic rings. The Morgan fingerprint density at radius 3 is 2.57 bits per heavy atom. The van der Waals surface area contributed by atoms with Gasteiger partial charge in [0.05, 0.1) is 12.3 Å². The van der Waals surface area contributed by atoms with Gasteiger partial charge in [0.2, 0.25) is 15.9 Å². The lowest BCUT2D eigenvalue weighted by atomic mass is 10.2. The Bertz CT molecular complexity index is 643. The highest BCUT2D eigenvalue weighted by atomic mass is 32.2. The fourth-order valence-corrected chi connectivity index (χ4v) is 2.98. The third-order valence-corrected chi connectivity index (χ3v) is 5.19. The molecule has 1 aromatic carbocycles. The molecule has 1 saturated heterocycles. The second kappa shape index (κ2) is 7.85. The van der Waals surface area contributed by atoms with Crippen LogP contribution in [0, 0.1) is 5.82 Å². The Balaban J connectivity index is 1.78. The van der Waals surface area contributed by atoms with Crippen LogP contribution in [-0.2, 0) is 21.4 Å². The van der Waals surface area contributed by atoms with Crippen LogP contribution in [-0.4, -0.2) is 62.6 Å². The molecule has 1 N–H and O–H groups in total. The monoisotopic (exact) mass is 343 g/mol. The van der Waals surface area contributed by atoms with E-state index in [0.29, 0.717) is 32.7 Å². The van der Waals surface area contributed by atoms with Crippen molar-refractivity contribution in [3.8, 4) is 0 Å². The van der Waals surface area contributed by atoms with Crippen LogP contribution >= 0.6 is 0 Å². The minimum Gasteiger partial charge on any atom is -0.339 e. The number of amides is 1. The Labute approximate surface area is 136 Å². The van der Waals surface area contributed by atoms with Crippen molar-refractivity contribution >= 4 is 15.9 Å². The van der Waals surface area contributed by atoms with Crippen LogP contribution in [0.4, 0.5) is 4.39 Å². The SMILES string of the molecule is CCS(=O)(=O)NCC(=O)N1CCN(Cc2cccc(F)c2)CC1. The zero-order chi connectivity index (χ0) is 16.9. The van der Waals surface area contributed by atoms with E-state index in [0.717, 1.165) is 5.56 Å². The van der Waals surface area contributed by atoms with Gasteiger partial charge in [0, 0.05) is 32.7 Å². The lowest BCUT2D eigenvalue weighted by Gasteiger charge is -2.34. The largest absolute Gasteiger partial charge is 0.339 e. The number of nitrogens with zero attached hydrogens (tertiary/aromatic N) is 2. The van der Waals surface area contributed by atoms with E-state index in [1.165, 1.54) is 19.1 Å². The summed E-state index contributed by atoms with van der Waals surface area (Å²) in [5.74, 6) is -0.506. The molecule has 0 aliphatic carbocycles. The predicted molar refractivity (Wildman–Crippen MR) is 85.7 cm³/mol. The number of rotatable bonds is 6. The van der Waals surface area contributed by atoms with E-state index in [4.69, 9.17) is 0 Å². The van der Waals surface area contributed by atoms with Gasteiger partial charge >= 0.3 is 0 Å². The molecule has 1 aromatic rings. The zero-order valence-electron chi connectivity index (χ0n) is 13.2. The number of nitrogens with one attached hydrogen (secondary N) is 1. The molecule has 128 valence electrons. The second-order valence-corrected chi connectivity index (χ2v) is 7.61. The summed E-state index contributed by atoms with van der Waals surface area (Å²) in [6.07, 6.45) is 0. The van der Waals surface area contributed by atoms with Crippen LogP contribution in [0.2, 0.25) is 0 Å². The molecule has 2 rings (SSSR count). The van der Waals surface area contributed by atoms with Crippen molar-refractivity contribution in [1.82, 2.24) is 14.5 Å². The smallest absolute Gasteiger partial charge is 0.237 e. The molecule has 8 heteroatoms. The number of carbonyl (C=O) groups is 1. The second-order valence-electron chi connectivity index (χ2n) is 5.51. The van der Waals surface area contributed by atoms with Crippen LogP contribution in [0.15, 0.2) is 24.3 Å². The summed E-state index contributed by atoms with van der Waals surface area (Å²) < 4.78 is 38.2. The first-order valence-electron chi connectivity index (χ1n) is 7.61. The molecule has 1 aliphatic heterocycles. The van der Waals surface area contributed by atoms with Gasteiger partial charge in [-0.3, -0.25) is 9.69 Å². The Kier molecular flexibility index (Phi) is 6.09. The quantitative estimate of drug-likeness (QED) is 0.812. The van der Waals surface area contributed by atoms with E-state index in [1.54, 1.807) is 11.0 Å². The maximum Gasteiger partial charge on any atom is 0.237 e. The number of sulfonamides is 1.